The summed E-state index contributed by atoms with van der Waals surface area (Å²) in [5.41, 5.74) is 0.976. The zero-order chi connectivity index (χ0) is 11.8. The van der Waals surface area contributed by atoms with Crippen molar-refractivity contribution in [3.8, 4) is 22.9 Å². The number of thioether (sulfide) groups is 1. The third-order valence-corrected chi connectivity index (χ3v) is 3.37. The second-order valence-electron chi connectivity index (χ2n) is 3.64. The van der Waals surface area contributed by atoms with Crippen molar-refractivity contribution in [2.24, 2.45) is 7.05 Å². The summed E-state index contributed by atoms with van der Waals surface area (Å²) in [6, 6.07) is 5.78. The Hall–Kier alpha value is -1.69. The van der Waals surface area contributed by atoms with Crippen LogP contribution in [0.3, 0.4) is 0 Å². The van der Waals surface area contributed by atoms with Gasteiger partial charge >= 0.3 is 0 Å². The number of nitrogens with zero attached hydrogens (tertiary/aromatic N) is 3. The van der Waals surface area contributed by atoms with E-state index < -0.39 is 0 Å². The van der Waals surface area contributed by atoms with Crippen molar-refractivity contribution in [2.75, 3.05) is 13.0 Å². The smallest absolute Gasteiger partial charge is 0.231 e. The SMILES string of the molecule is CSc1nnc(-c2ccc3c(c2)OCO3)n1C. The highest BCUT2D eigenvalue weighted by Gasteiger charge is 2.16. The van der Waals surface area contributed by atoms with Crippen molar-refractivity contribution < 1.29 is 9.47 Å². The van der Waals surface area contributed by atoms with Crippen LogP contribution in [-0.2, 0) is 7.05 Å². The monoisotopic (exact) mass is 249 g/mol. The fourth-order valence-corrected chi connectivity index (χ4v) is 2.26. The highest BCUT2D eigenvalue weighted by molar-refractivity contribution is 7.98. The summed E-state index contributed by atoms with van der Waals surface area (Å²) in [6.45, 7) is 0.285. The largest absolute Gasteiger partial charge is 0.454 e. The average molecular weight is 249 g/mol. The van der Waals surface area contributed by atoms with Crippen LogP contribution in [0.25, 0.3) is 11.4 Å². The summed E-state index contributed by atoms with van der Waals surface area (Å²) in [6.07, 6.45) is 1.98. The predicted octanol–water partition coefficient (Wildman–Crippen LogP) is 1.93. The van der Waals surface area contributed by atoms with Crippen LogP contribution in [0.5, 0.6) is 11.5 Å². The van der Waals surface area contributed by atoms with Crippen LogP contribution in [0.1, 0.15) is 0 Å². The first-order valence-corrected chi connectivity index (χ1v) is 6.35. The molecule has 17 heavy (non-hydrogen) atoms. The first kappa shape index (κ1) is 10.5. The Morgan fingerprint density at radius 2 is 2.06 bits per heavy atom. The van der Waals surface area contributed by atoms with E-state index >= 15 is 0 Å². The Morgan fingerprint density at radius 1 is 1.24 bits per heavy atom. The first-order valence-electron chi connectivity index (χ1n) is 5.13. The number of aromatic nitrogens is 3. The van der Waals surface area contributed by atoms with E-state index in [4.69, 9.17) is 9.47 Å². The fraction of sp³-hybridized carbons (Fsp3) is 0.273. The molecule has 2 aromatic rings. The van der Waals surface area contributed by atoms with Gasteiger partial charge in [-0.15, -0.1) is 10.2 Å². The van der Waals surface area contributed by atoms with E-state index in [-0.39, 0.29) is 6.79 Å². The maximum absolute atomic E-state index is 5.35. The van der Waals surface area contributed by atoms with Crippen molar-refractivity contribution in [3.05, 3.63) is 18.2 Å². The molecule has 0 unspecified atom stereocenters. The lowest BCUT2D eigenvalue weighted by molar-refractivity contribution is 0.174. The van der Waals surface area contributed by atoms with Gasteiger partial charge in [0.2, 0.25) is 6.79 Å². The molecule has 1 aromatic carbocycles. The van der Waals surface area contributed by atoms with E-state index in [9.17, 15) is 0 Å². The molecule has 1 aliphatic heterocycles. The molecule has 6 heteroatoms. The summed E-state index contributed by atoms with van der Waals surface area (Å²) in [4.78, 5) is 0. The summed E-state index contributed by atoms with van der Waals surface area (Å²) in [5, 5.41) is 9.17. The molecule has 0 bridgehead atoms. The molecule has 5 nitrogen and oxygen atoms in total. The van der Waals surface area contributed by atoms with E-state index in [2.05, 4.69) is 10.2 Å². The topological polar surface area (TPSA) is 49.2 Å². The second kappa shape index (κ2) is 3.96. The Kier molecular flexibility index (Phi) is 2.44. The maximum atomic E-state index is 5.35. The maximum Gasteiger partial charge on any atom is 0.231 e. The number of hydrogen-bond donors (Lipinski definition) is 0. The molecule has 0 radical (unpaired) electrons. The number of fused-ring (bicyclic) bond motifs is 1. The van der Waals surface area contributed by atoms with Crippen LogP contribution < -0.4 is 9.47 Å². The molecular formula is C11H11N3O2S. The van der Waals surface area contributed by atoms with Crippen molar-refractivity contribution in [2.45, 2.75) is 5.16 Å². The highest BCUT2D eigenvalue weighted by Crippen LogP contribution is 2.35. The van der Waals surface area contributed by atoms with Gasteiger partial charge in [0.05, 0.1) is 0 Å². The van der Waals surface area contributed by atoms with E-state index in [0.717, 1.165) is 28.0 Å². The van der Waals surface area contributed by atoms with Gasteiger partial charge in [-0.1, -0.05) is 11.8 Å². The first-order chi connectivity index (χ1) is 8.29. The van der Waals surface area contributed by atoms with Crippen LogP contribution in [0.2, 0.25) is 0 Å². The van der Waals surface area contributed by atoms with E-state index in [0.29, 0.717) is 0 Å². The standard InChI is InChI=1S/C11H11N3O2S/c1-14-10(12-13-11(14)17-2)7-3-4-8-9(5-7)16-6-15-8/h3-5H,6H2,1-2H3. The molecule has 1 aliphatic rings. The molecule has 0 N–H and O–H groups in total. The Bertz CT molecular complexity index is 568. The van der Waals surface area contributed by atoms with Crippen molar-refractivity contribution in [3.63, 3.8) is 0 Å². The second-order valence-corrected chi connectivity index (χ2v) is 4.41. The van der Waals surface area contributed by atoms with Gasteiger partial charge in [0, 0.05) is 12.6 Å². The molecule has 1 aromatic heterocycles. The Morgan fingerprint density at radius 3 is 2.82 bits per heavy atom. The average Bonchev–Trinajstić information content (AvgIpc) is 2.94. The fourth-order valence-electron chi connectivity index (χ4n) is 1.78. The van der Waals surface area contributed by atoms with Gasteiger partial charge in [-0.3, -0.25) is 0 Å². The van der Waals surface area contributed by atoms with Crippen LogP contribution in [-0.4, -0.2) is 27.8 Å². The quantitative estimate of drug-likeness (QED) is 0.761. The van der Waals surface area contributed by atoms with E-state index in [1.165, 1.54) is 0 Å². The molecule has 0 aliphatic carbocycles. The van der Waals surface area contributed by atoms with Crippen LogP contribution in [0.15, 0.2) is 23.4 Å². The Labute approximate surface area is 103 Å². The lowest BCUT2D eigenvalue weighted by atomic mass is 10.2. The lowest BCUT2D eigenvalue weighted by Gasteiger charge is -2.03. The van der Waals surface area contributed by atoms with Crippen molar-refractivity contribution in [1.82, 2.24) is 14.8 Å². The molecule has 0 saturated carbocycles. The van der Waals surface area contributed by atoms with Gasteiger partial charge in [0.1, 0.15) is 0 Å². The molecule has 2 heterocycles. The van der Waals surface area contributed by atoms with Crippen molar-refractivity contribution in [1.29, 1.82) is 0 Å². The molecule has 0 saturated heterocycles. The van der Waals surface area contributed by atoms with Crippen LogP contribution in [0, 0.1) is 0 Å². The molecule has 0 fully saturated rings. The zero-order valence-electron chi connectivity index (χ0n) is 9.51. The third-order valence-electron chi connectivity index (χ3n) is 2.65. The predicted molar refractivity (Wildman–Crippen MR) is 64.3 cm³/mol. The van der Waals surface area contributed by atoms with Crippen LogP contribution in [0.4, 0.5) is 0 Å². The van der Waals surface area contributed by atoms with Gasteiger partial charge in [0.25, 0.3) is 0 Å². The lowest BCUT2D eigenvalue weighted by Crippen LogP contribution is -1.94. The summed E-state index contributed by atoms with van der Waals surface area (Å²) < 4.78 is 12.6. The summed E-state index contributed by atoms with van der Waals surface area (Å²) in [7, 11) is 1.95. The number of ether oxygens (including phenoxy) is 2. The van der Waals surface area contributed by atoms with Gasteiger partial charge in [0.15, 0.2) is 22.5 Å². The molecule has 0 spiro atoms. The molecular weight excluding hydrogens is 238 g/mol. The number of hydrogen-bond acceptors (Lipinski definition) is 5. The zero-order valence-corrected chi connectivity index (χ0v) is 10.3. The minimum Gasteiger partial charge on any atom is -0.454 e. The van der Waals surface area contributed by atoms with Crippen LogP contribution >= 0.6 is 11.8 Å². The van der Waals surface area contributed by atoms with Gasteiger partial charge in [-0.2, -0.15) is 0 Å². The molecule has 0 atom stereocenters. The van der Waals surface area contributed by atoms with Gasteiger partial charge < -0.3 is 14.0 Å². The normalized spacial score (nSPS) is 13.1. The Balaban J connectivity index is 2.06. The number of rotatable bonds is 2. The minimum absolute atomic E-state index is 0.285. The van der Waals surface area contributed by atoms with E-state index in [1.807, 2.05) is 36.1 Å². The van der Waals surface area contributed by atoms with Crippen molar-refractivity contribution >= 4 is 11.8 Å². The van der Waals surface area contributed by atoms with Gasteiger partial charge in [-0.25, -0.2) is 0 Å². The molecule has 3 rings (SSSR count). The van der Waals surface area contributed by atoms with E-state index in [1.54, 1.807) is 11.8 Å². The highest BCUT2D eigenvalue weighted by atomic mass is 32.2. The third kappa shape index (κ3) is 1.64. The molecule has 88 valence electrons. The molecule has 0 amide bonds. The summed E-state index contributed by atoms with van der Waals surface area (Å²) >= 11 is 1.57. The minimum atomic E-state index is 0.285. The number of benzene rings is 1. The summed E-state index contributed by atoms with van der Waals surface area (Å²) in [5.74, 6) is 2.37. The van der Waals surface area contributed by atoms with Gasteiger partial charge in [-0.05, 0) is 24.5 Å².